The van der Waals surface area contributed by atoms with Gasteiger partial charge < -0.3 is 63.1 Å². The molecule has 0 aliphatic heterocycles. The molecule has 15 rings (SSSR count). The summed E-state index contributed by atoms with van der Waals surface area (Å²) >= 11 is 25.1. The van der Waals surface area contributed by atoms with Gasteiger partial charge in [-0.05, 0) is 156 Å². The van der Waals surface area contributed by atoms with Crippen molar-refractivity contribution in [1.82, 2.24) is 73.4 Å². The first kappa shape index (κ1) is 96.8. The minimum Gasteiger partial charge on any atom is -0.490 e. The number of nitrogens with two attached hydrogens (primary N) is 4. The maximum absolute atomic E-state index is 15.3. The number of nitrogens with one attached hydrogen (secondary N) is 4. The van der Waals surface area contributed by atoms with Crippen molar-refractivity contribution in [2.24, 2.45) is 11.3 Å². The SMILES string of the molecule is Cc1nc(C(C)c2cc(Cl)c(F)c(C(=O)NC3CC3)c2OC(C)C)n2ccnc(N)c12.Cc1nc(C(C)c2cc(Cl)c(F)c(C(=O)NCC(C)C)c2OC(C)C)n2ccnc(N)c12.Cc1nc(C(C)c2cc(Cl)c(F)c(C(=O)NCC3(C)CC3)c2OC(C)C)n2ccnc(N)c12.Cc1nc(C(C)c2cc(Cl)c(F)c(C(=O)Nc3ccccc3)c2OC(C)C)n2ccnc(N)c12. The molecule has 2 saturated carbocycles. The lowest BCUT2D eigenvalue weighted by molar-refractivity contribution is 0.0927. The zero-order chi connectivity index (χ0) is 94.8. The first-order chi connectivity index (χ1) is 61.4. The number of halogens is 8. The summed E-state index contributed by atoms with van der Waals surface area (Å²) in [7, 11) is 0. The van der Waals surface area contributed by atoms with E-state index >= 15 is 17.6 Å². The summed E-state index contributed by atoms with van der Waals surface area (Å²) in [5, 5.41) is 10.6. The Bertz CT molecular complexity index is 6470. The molecule has 28 nitrogen and oxygen atoms in total. The number of hydrogen-bond acceptors (Lipinski definition) is 20. The molecular formula is C94H108Cl4F4N20O8. The van der Waals surface area contributed by atoms with Crippen LogP contribution in [-0.2, 0) is 0 Å². The number of aromatic nitrogens is 12. The second-order valence-electron chi connectivity index (χ2n) is 34.4. The van der Waals surface area contributed by atoms with E-state index in [-0.39, 0.29) is 125 Å². The molecule has 0 saturated heterocycles. The summed E-state index contributed by atoms with van der Waals surface area (Å²) in [4.78, 5) is 87.5. The Hall–Kier alpha value is -12.3. The minimum absolute atomic E-state index is 0.0630. The third-order valence-corrected chi connectivity index (χ3v) is 23.2. The number of anilines is 5. The molecule has 0 spiro atoms. The molecule has 2 aliphatic carbocycles. The van der Waals surface area contributed by atoms with E-state index in [4.69, 9.17) is 98.3 Å². The number of benzene rings is 5. The zero-order valence-electron chi connectivity index (χ0n) is 75.8. The summed E-state index contributed by atoms with van der Waals surface area (Å²) in [6.07, 6.45) is 16.1. The number of para-hydroxylation sites is 1. The smallest absolute Gasteiger partial charge is 0.262 e. The molecule has 5 aromatic carbocycles. The minimum atomic E-state index is -0.848. The first-order valence-corrected chi connectivity index (χ1v) is 44.3. The largest absolute Gasteiger partial charge is 0.490 e. The van der Waals surface area contributed by atoms with Crippen LogP contribution in [0.5, 0.6) is 23.0 Å². The van der Waals surface area contributed by atoms with Gasteiger partial charge in [0, 0.05) is 120 Å². The van der Waals surface area contributed by atoms with Crippen molar-refractivity contribution in [2.45, 2.75) is 211 Å². The Kier molecular flexibility index (Phi) is 29.8. The summed E-state index contributed by atoms with van der Waals surface area (Å²) in [5.74, 6) is -2.21. The molecule has 2 aliphatic rings. The zero-order valence-corrected chi connectivity index (χ0v) is 78.8. The highest BCUT2D eigenvalue weighted by Crippen LogP contribution is 2.48. The lowest BCUT2D eigenvalue weighted by Gasteiger charge is -2.23. The molecule has 0 bridgehead atoms. The molecule has 13 aromatic rings. The van der Waals surface area contributed by atoms with Crippen LogP contribution in [0.3, 0.4) is 0 Å². The number of aryl methyl sites for hydroxylation is 4. The van der Waals surface area contributed by atoms with Crippen LogP contribution in [0.4, 0.5) is 46.5 Å². The lowest BCUT2D eigenvalue weighted by atomic mass is 9.95. The molecule has 688 valence electrons. The second kappa shape index (κ2) is 40.0. The first-order valence-electron chi connectivity index (χ1n) is 42.8. The van der Waals surface area contributed by atoms with Crippen LogP contribution in [0.25, 0.3) is 22.1 Å². The standard InChI is InChI=1S/C25H25ClFN5O2.C24H29ClFN5O2.C23H29ClFN5O2.C22H25ClFN5O2/c1-13(2)34-22-17(14(3)24-30-15(4)21-23(28)29-10-11-32(21)24)12-18(26)20(27)19(22)25(33)31-16-8-6-5-7-9-16;1-12(2)33-20-15(13(3)22-30-14(4)19-21(27)28-8-9-31(19)22)10-16(25)18(26)17(20)23(32)29-11-24(5)6-7-24;1-11(2)10-28-23(31)17-18(25)16(24)9-15(20(17)32-12(3)4)13(5)22-29-14(6)19-21(26)27-7-8-30(19)22;1-10(2)31-19-14(9-15(23)17(24)16(19)22(30)28-13-5-6-13)11(3)21-27-12(4)18-20(25)26-7-8-29(18)21/h5-14H,1-4H3,(H2,28,29)(H,31,33);8-10,12-13H,6-7,11H2,1-5H3,(H2,27,28)(H,29,32);7-9,11-13H,10H2,1-6H3,(H2,26,27)(H,28,31);7-11,13H,5-6H2,1-4H3,(H2,25,26)(H,28,30). The Balaban J connectivity index is 0.000000157. The van der Waals surface area contributed by atoms with Gasteiger partial charge in [-0.25, -0.2) is 57.4 Å². The van der Waals surface area contributed by atoms with Crippen molar-refractivity contribution < 1.29 is 55.7 Å². The van der Waals surface area contributed by atoms with Gasteiger partial charge in [-0.1, -0.05) is 113 Å². The van der Waals surface area contributed by atoms with E-state index in [2.05, 4.69) is 58.1 Å². The fourth-order valence-electron chi connectivity index (χ4n) is 15.3. The highest BCUT2D eigenvalue weighted by Gasteiger charge is 2.40. The molecule has 4 unspecified atom stereocenters. The molecule has 2 fully saturated rings. The van der Waals surface area contributed by atoms with Gasteiger partial charge in [0.25, 0.3) is 23.6 Å². The molecule has 8 aromatic heterocycles. The van der Waals surface area contributed by atoms with E-state index < -0.39 is 52.8 Å². The predicted molar refractivity (Wildman–Crippen MR) is 499 cm³/mol. The number of nitrogens with zero attached hydrogens (tertiary/aromatic N) is 12. The number of rotatable bonds is 26. The van der Waals surface area contributed by atoms with Gasteiger partial charge in [-0.15, -0.1) is 0 Å². The average Bonchev–Trinajstić information content (AvgIpc) is 1.49. The normalized spacial score (nSPS) is 13.8. The number of amides is 4. The highest BCUT2D eigenvalue weighted by atomic mass is 35.5. The van der Waals surface area contributed by atoms with Crippen LogP contribution in [0, 0.1) is 62.3 Å². The van der Waals surface area contributed by atoms with Crippen molar-refractivity contribution in [3.05, 3.63) is 238 Å². The van der Waals surface area contributed by atoms with Crippen LogP contribution in [-0.4, -0.2) is 125 Å². The van der Waals surface area contributed by atoms with E-state index in [1.807, 2.05) is 134 Å². The molecule has 0 radical (unpaired) electrons. The Morgan fingerprint density at radius 2 is 0.708 bits per heavy atom. The molecule has 4 amide bonds. The summed E-state index contributed by atoms with van der Waals surface area (Å²) in [6.45, 7) is 36.4. The molecule has 36 heteroatoms. The van der Waals surface area contributed by atoms with Crippen molar-refractivity contribution >= 4 is 121 Å². The van der Waals surface area contributed by atoms with Gasteiger partial charge in [-0.3, -0.25) is 36.8 Å². The molecule has 4 atom stereocenters. The van der Waals surface area contributed by atoms with Gasteiger partial charge in [-0.2, -0.15) is 0 Å². The molecule has 130 heavy (non-hydrogen) atoms. The number of carbonyl (C=O) groups excluding carboxylic acids is 4. The Morgan fingerprint density at radius 3 is 0.977 bits per heavy atom. The van der Waals surface area contributed by atoms with Crippen molar-refractivity contribution in [2.75, 3.05) is 41.3 Å². The van der Waals surface area contributed by atoms with Crippen LogP contribution in [0.2, 0.25) is 20.1 Å². The van der Waals surface area contributed by atoms with Gasteiger partial charge >= 0.3 is 0 Å². The van der Waals surface area contributed by atoms with E-state index in [9.17, 15) is 19.2 Å². The van der Waals surface area contributed by atoms with Crippen LogP contribution in [0.15, 0.2) is 104 Å². The number of carbonyl (C=O) groups is 4. The van der Waals surface area contributed by atoms with Crippen molar-refractivity contribution in [1.29, 1.82) is 0 Å². The van der Waals surface area contributed by atoms with Crippen LogP contribution < -0.4 is 63.1 Å². The number of fused-ring (bicyclic) bond motifs is 4. The third kappa shape index (κ3) is 20.8. The fourth-order valence-corrected chi connectivity index (χ4v) is 16.1. The summed E-state index contributed by atoms with van der Waals surface area (Å²) in [6, 6.07) is 14.9. The third-order valence-electron chi connectivity index (χ3n) is 22.1. The highest BCUT2D eigenvalue weighted by molar-refractivity contribution is 6.32. The van der Waals surface area contributed by atoms with Gasteiger partial charge in [0.2, 0.25) is 0 Å². The molecular weight excluding hydrogens is 1750 g/mol. The fraction of sp³-hybridized carbons (Fsp3) is 0.383. The lowest BCUT2D eigenvalue weighted by Crippen LogP contribution is -2.31. The average molecular weight is 1860 g/mol. The Labute approximate surface area is 770 Å². The monoisotopic (exact) mass is 1860 g/mol. The van der Waals surface area contributed by atoms with Crippen LogP contribution >= 0.6 is 46.4 Å². The Morgan fingerprint density at radius 1 is 0.431 bits per heavy atom. The maximum atomic E-state index is 15.3. The number of ether oxygens (including phenoxy) is 4. The molecule has 8 heterocycles. The number of nitrogen functional groups attached to an aromatic ring is 4. The van der Waals surface area contributed by atoms with Crippen molar-refractivity contribution in [3.8, 4) is 23.0 Å². The quantitative estimate of drug-likeness (QED) is 0.0233. The predicted octanol–water partition coefficient (Wildman–Crippen LogP) is 19.5. The van der Waals surface area contributed by atoms with Gasteiger partial charge in [0.1, 0.15) is 114 Å². The molecule has 12 N–H and O–H groups in total. The number of imidazole rings is 4. The van der Waals surface area contributed by atoms with E-state index in [0.717, 1.165) is 37.1 Å². The van der Waals surface area contributed by atoms with E-state index in [1.165, 1.54) is 24.3 Å². The van der Waals surface area contributed by atoms with E-state index in [1.54, 1.807) is 87.7 Å². The topological polar surface area (TPSA) is 378 Å². The van der Waals surface area contributed by atoms with Crippen molar-refractivity contribution in [3.63, 3.8) is 0 Å². The van der Waals surface area contributed by atoms with E-state index in [0.29, 0.717) is 121 Å². The summed E-state index contributed by atoms with van der Waals surface area (Å²) in [5.41, 5.74) is 31.9. The van der Waals surface area contributed by atoms with Gasteiger partial charge in [0.15, 0.2) is 23.3 Å². The van der Waals surface area contributed by atoms with Gasteiger partial charge in [0.05, 0.1) is 67.3 Å². The maximum Gasteiger partial charge on any atom is 0.262 e. The number of hydrogen-bond donors (Lipinski definition) is 8. The summed E-state index contributed by atoms with van der Waals surface area (Å²) < 4.78 is 92.2. The second-order valence-corrected chi connectivity index (χ2v) is 36.1. The van der Waals surface area contributed by atoms with Crippen LogP contribution in [0.1, 0.15) is 263 Å².